The summed E-state index contributed by atoms with van der Waals surface area (Å²) in [5.41, 5.74) is 11.4. The van der Waals surface area contributed by atoms with Crippen molar-refractivity contribution < 1.29 is 4.42 Å². The minimum atomic E-state index is 0.833. The van der Waals surface area contributed by atoms with Gasteiger partial charge in [-0.25, -0.2) is 4.98 Å². The Balaban J connectivity index is 1.07. The van der Waals surface area contributed by atoms with Crippen molar-refractivity contribution in [1.82, 2.24) is 19.1 Å². The van der Waals surface area contributed by atoms with Gasteiger partial charge in [0.2, 0.25) is 0 Å². The highest BCUT2D eigenvalue weighted by atomic mass is 16.3. The summed E-state index contributed by atoms with van der Waals surface area (Å²) in [4.78, 5) is 9.65. The Bertz CT molecular complexity index is 3090. The fourth-order valence-corrected chi connectivity index (χ4v) is 7.96. The van der Waals surface area contributed by atoms with Crippen molar-refractivity contribution in [3.63, 3.8) is 0 Å². The third-order valence-corrected chi connectivity index (χ3v) is 10.2. The molecule has 51 heavy (non-hydrogen) atoms. The smallest absolute Gasteiger partial charge is 0.144 e. The molecule has 5 heteroatoms. The second-order valence-electron chi connectivity index (χ2n) is 13.0. The normalized spacial score (nSPS) is 11.9. The SMILES string of the molecule is c1cncc(-c2ccc3c(c2)c2ccccc2n3-c2cccc(-c3cccc4c3oc3ccc(-n5c6ccccc6c6ccccc65)cc34)n2)c1. The predicted octanol–water partition coefficient (Wildman–Crippen LogP) is 11.9. The van der Waals surface area contributed by atoms with Crippen LogP contribution < -0.4 is 0 Å². The zero-order chi connectivity index (χ0) is 33.5. The zero-order valence-corrected chi connectivity index (χ0v) is 27.4. The van der Waals surface area contributed by atoms with Crippen molar-refractivity contribution in [2.45, 2.75) is 0 Å². The van der Waals surface area contributed by atoms with E-state index >= 15 is 0 Å². The van der Waals surface area contributed by atoms with Crippen LogP contribution in [0.5, 0.6) is 0 Å². The summed E-state index contributed by atoms with van der Waals surface area (Å²) in [6, 6.07) is 55.6. The molecule has 11 rings (SSSR count). The molecule has 0 N–H and O–H groups in total. The first-order valence-corrected chi connectivity index (χ1v) is 17.2. The number of hydrogen-bond acceptors (Lipinski definition) is 3. The molecule has 0 aliphatic heterocycles. The first kappa shape index (κ1) is 27.9. The van der Waals surface area contributed by atoms with E-state index in [0.717, 1.165) is 66.9 Å². The number of furan rings is 1. The van der Waals surface area contributed by atoms with Gasteiger partial charge >= 0.3 is 0 Å². The van der Waals surface area contributed by atoms with E-state index < -0.39 is 0 Å². The van der Waals surface area contributed by atoms with Gasteiger partial charge < -0.3 is 8.98 Å². The summed E-state index contributed by atoms with van der Waals surface area (Å²) >= 11 is 0. The van der Waals surface area contributed by atoms with Crippen molar-refractivity contribution >= 4 is 65.6 Å². The highest BCUT2D eigenvalue weighted by Gasteiger charge is 2.18. The first-order chi connectivity index (χ1) is 25.3. The summed E-state index contributed by atoms with van der Waals surface area (Å²) < 4.78 is 11.3. The summed E-state index contributed by atoms with van der Waals surface area (Å²) in [6.07, 6.45) is 3.72. The molecule has 0 fully saturated rings. The minimum absolute atomic E-state index is 0.833. The highest BCUT2D eigenvalue weighted by Crippen LogP contribution is 2.39. The molecule has 0 saturated carbocycles. The number of rotatable bonds is 4. The van der Waals surface area contributed by atoms with Crippen molar-refractivity contribution in [3.8, 4) is 33.9 Å². The molecule has 11 aromatic rings. The Hall–Kier alpha value is -6.98. The van der Waals surface area contributed by atoms with Gasteiger partial charge in [-0.2, -0.15) is 0 Å². The topological polar surface area (TPSA) is 48.8 Å². The lowest BCUT2D eigenvalue weighted by Gasteiger charge is -2.10. The number of aromatic nitrogens is 4. The van der Waals surface area contributed by atoms with E-state index in [9.17, 15) is 0 Å². The standard InChI is InChI=1S/C46H28N4O/c1-4-17-40-32(11-1)33-12-2-5-18-41(33)49(40)31-22-24-44-38(27-31)35-14-7-15-36(46(35)51-44)39-16-8-20-45(48-39)50-42-19-6-3-13-34(42)37-26-29(21-23-43(37)50)30-10-9-25-47-28-30/h1-28H. The fraction of sp³-hybridized carbons (Fsp3) is 0. The minimum Gasteiger partial charge on any atom is -0.455 e. The number of hydrogen-bond donors (Lipinski definition) is 0. The molecule has 0 aliphatic carbocycles. The number of pyridine rings is 2. The number of para-hydroxylation sites is 4. The summed E-state index contributed by atoms with van der Waals surface area (Å²) in [5, 5.41) is 7.00. The van der Waals surface area contributed by atoms with Gasteiger partial charge in [-0.05, 0) is 78.4 Å². The Morgan fingerprint density at radius 3 is 1.90 bits per heavy atom. The van der Waals surface area contributed by atoms with Gasteiger partial charge in [0.05, 0.1) is 27.8 Å². The average Bonchev–Trinajstić information content (AvgIpc) is 3.85. The molecule has 0 bridgehead atoms. The van der Waals surface area contributed by atoms with Crippen LogP contribution >= 0.6 is 0 Å². The molecule has 5 aromatic heterocycles. The first-order valence-electron chi connectivity index (χ1n) is 17.2. The van der Waals surface area contributed by atoms with E-state index in [1.807, 2.05) is 18.5 Å². The molecular weight excluding hydrogens is 625 g/mol. The maximum absolute atomic E-state index is 6.65. The van der Waals surface area contributed by atoms with Crippen LogP contribution in [0.4, 0.5) is 0 Å². The number of benzene rings is 6. The van der Waals surface area contributed by atoms with E-state index in [-0.39, 0.29) is 0 Å². The summed E-state index contributed by atoms with van der Waals surface area (Å²) in [6.45, 7) is 0. The van der Waals surface area contributed by atoms with Crippen molar-refractivity contribution in [2.24, 2.45) is 0 Å². The van der Waals surface area contributed by atoms with Gasteiger partial charge in [0.1, 0.15) is 17.0 Å². The van der Waals surface area contributed by atoms with Gasteiger partial charge in [0, 0.05) is 61.5 Å². The van der Waals surface area contributed by atoms with Gasteiger partial charge in [0.25, 0.3) is 0 Å². The van der Waals surface area contributed by atoms with E-state index in [2.05, 4.69) is 166 Å². The lowest BCUT2D eigenvalue weighted by atomic mass is 10.0. The molecule has 5 heterocycles. The summed E-state index contributed by atoms with van der Waals surface area (Å²) in [7, 11) is 0. The molecule has 0 unspecified atom stereocenters. The van der Waals surface area contributed by atoms with Crippen LogP contribution in [0.3, 0.4) is 0 Å². The number of fused-ring (bicyclic) bond motifs is 9. The van der Waals surface area contributed by atoms with Crippen molar-refractivity contribution in [3.05, 3.63) is 170 Å². The largest absolute Gasteiger partial charge is 0.455 e. The second-order valence-corrected chi connectivity index (χ2v) is 13.0. The number of nitrogens with zero attached hydrogens (tertiary/aromatic N) is 4. The van der Waals surface area contributed by atoms with Crippen molar-refractivity contribution in [1.29, 1.82) is 0 Å². The maximum atomic E-state index is 6.65. The van der Waals surface area contributed by atoms with E-state index in [0.29, 0.717) is 0 Å². The third kappa shape index (κ3) is 4.15. The molecule has 238 valence electrons. The Labute approximate surface area is 292 Å². The van der Waals surface area contributed by atoms with Gasteiger partial charge in [-0.3, -0.25) is 9.55 Å². The van der Waals surface area contributed by atoms with Gasteiger partial charge in [0.15, 0.2) is 0 Å². The maximum Gasteiger partial charge on any atom is 0.144 e. The lowest BCUT2D eigenvalue weighted by molar-refractivity contribution is 0.669. The quantitative estimate of drug-likeness (QED) is 0.190. The van der Waals surface area contributed by atoms with E-state index in [1.54, 1.807) is 0 Å². The Kier molecular flexibility index (Phi) is 5.89. The van der Waals surface area contributed by atoms with E-state index in [1.165, 1.54) is 32.6 Å². The van der Waals surface area contributed by atoms with Crippen LogP contribution in [-0.4, -0.2) is 19.1 Å². The average molecular weight is 653 g/mol. The molecule has 0 amide bonds. The Morgan fingerprint density at radius 2 is 1.14 bits per heavy atom. The lowest BCUT2D eigenvalue weighted by Crippen LogP contribution is -1.98. The van der Waals surface area contributed by atoms with Crippen LogP contribution in [-0.2, 0) is 0 Å². The predicted molar refractivity (Wildman–Crippen MR) is 209 cm³/mol. The molecule has 0 saturated heterocycles. The molecule has 0 atom stereocenters. The van der Waals surface area contributed by atoms with Gasteiger partial charge in [-0.15, -0.1) is 0 Å². The van der Waals surface area contributed by atoms with Crippen LogP contribution in [0.2, 0.25) is 0 Å². The second kappa shape index (κ2) is 10.8. The van der Waals surface area contributed by atoms with Gasteiger partial charge in [-0.1, -0.05) is 84.9 Å². The molecule has 0 aliphatic rings. The van der Waals surface area contributed by atoms with Crippen LogP contribution in [0.15, 0.2) is 175 Å². The highest BCUT2D eigenvalue weighted by molar-refractivity contribution is 6.13. The Morgan fingerprint density at radius 1 is 0.451 bits per heavy atom. The third-order valence-electron chi connectivity index (χ3n) is 10.2. The zero-order valence-electron chi connectivity index (χ0n) is 27.4. The molecule has 0 spiro atoms. The molecule has 5 nitrogen and oxygen atoms in total. The molecule has 0 radical (unpaired) electrons. The van der Waals surface area contributed by atoms with Crippen LogP contribution in [0.1, 0.15) is 0 Å². The monoisotopic (exact) mass is 652 g/mol. The van der Waals surface area contributed by atoms with E-state index in [4.69, 9.17) is 9.40 Å². The summed E-state index contributed by atoms with van der Waals surface area (Å²) in [5.74, 6) is 0.856. The molecular formula is C46H28N4O. The van der Waals surface area contributed by atoms with Crippen LogP contribution in [0.25, 0.3) is 99.4 Å². The molecule has 6 aromatic carbocycles. The fourth-order valence-electron chi connectivity index (χ4n) is 7.96. The van der Waals surface area contributed by atoms with Crippen molar-refractivity contribution in [2.75, 3.05) is 0 Å². The van der Waals surface area contributed by atoms with Crippen LogP contribution in [0, 0.1) is 0 Å².